The summed E-state index contributed by atoms with van der Waals surface area (Å²) in [5.41, 5.74) is 0.552. The van der Waals surface area contributed by atoms with Crippen LogP contribution in [0.1, 0.15) is 18.6 Å². The monoisotopic (exact) mass is 496 g/mol. The van der Waals surface area contributed by atoms with E-state index in [-0.39, 0.29) is 5.75 Å². The molecule has 2 atom stereocenters. The normalized spacial score (nSPS) is 17.5. The molecule has 7 heteroatoms. The summed E-state index contributed by atoms with van der Waals surface area (Å²) in [6.45, 7) is 1.55. The van der Waals surface area contributed by atoms with E-state index in [1.165, 1.54) is 0 Å². The molecule has 17 heavy (non-hydrogen) atoms. The SMILES string of the molecule is CCS(=O)(=O)[C@@](Br)(I)[C@H](O)c1ccc(Br)cc1. The lowest BCUT2D eigenvalue weighted by molar-refractivity contribution is 0.191. The molecule has 0 aliphatic carbocycles. The van der Waals surface area contributed by atoms with E-state index in [0.717, 1.165) is 4.47 Å². The van der Waals surface area contributed by atoms with E-state index in [9.17, 15) is 13.5 Å². The Morgan fingerprint density at radius 2 is 1.88 bits per heavy atom. The fraction of sp³-hybridized carbons (Fsp3) is 0.400. The third-order valence-electron chi connectivity index (χ3n) is 2.30. The maximum Gasteiger partial charge on any atom is 0.207 e. The molecule has 0 fully saturated rings. The van der Waals surface area contributed by atoms with Gasteiger partial charge in [-0.1, -0.05) is 50.9 Å². The Morgan fingerprint density at radius 1 is 1.41 bits per heavy atom. The number of halogens is 3. The Hall–Kier alpha value is 0.820. The van der Waals surface area contributed by atoms with Crippen molar-refractivity contribution in [3.8, 4) is 0 Å². The molecule has 0 radical (unpaired) electrons. The summed E-state index contributed by atoms with van der Waals surface area (Å²) in [4.78, 5) is 0. The second kappa shape index (κ2) is 5.85. The molecule has 0 aromatic heterocycles. The van der Waals surface area contributed by atoms with Gasteiger partial charge in [-0.25, -0.2) is 8.42 Å². The van der Waals surface area contributed by atoms with Crippen molar-refractivity contribution in [2.75, 3.05) is 5.75 Å². The van der Waals surface area contributed by atoms with E-state index < -0.39 is 17.6 Å². The van der Waals surface area contributed by atoms with E-state index in [0.29, 0.717) is 5.56 Å². The highest BCUT2D eigenvalue weighted by Gasteiger charge is 2.44. The van der Waals surface area contributed by atoms with Crippen molar-refractivity contribution >= 4 is 64.3 Å². The topological polar surface area (TPSA) is 54.4 Å². The zero-order valence-corrected chi connectivity index (χ0v) is 15.0. The highest BCUT2D eigenvalue weighted by Crippen LogP contribution is 2.45. The Labute approximate surface area is 131 Å². The van der Waals surface area contributed by atoms with Crippen molar-refractivity contribution in [2.45, 2.75) is 14.7 Å². The molecule has 1 N–H and O–H groups in total. The molecule has 0 spiro atoms. The van der Waals surface area contributed by atoms with Gasteiger partial charge in [-0.15, -0.1) is 0 Å². The molecule has 3 nitrogen and oxygen atoms in total. The van der Waals surface area contributed by atoms with Crippen molar-refractivity contribution < 1.29 is 13.5 Å². The molecule has 1 aromatic rings. The first-order valence-corrected chi connectivity index (χ1v) is 9.07. The molecule has 0 heterocycles. The highest BCUT2D eigenvalue weighted by atomic mass is 127. The Balaban J connectivity index is 3.12. The van der Waals surface area contributed by atoms with E-state index >= 15 is 0 Å². The van der Waals surface area contributed by atoms with Crippen LogP contribution in [0.2, 0.25) is 0 Å². The molecular formula is C10H11Br2IO3S. The van der Waals surface area contributed by atoms with Gasteiger partial charge >= 0.3 is 0 Å². The molecule has 96 valence electrons. The minimum Gasteiger partial charge on any atom is -0.385 e. The first-order valence-electron chi connectivity index (χ1n) is 4.76. The van der Waals surface area contributed by atoms with E-state index in [1.54, 1.807) is 53.8 Å². The molecule has 1 aromatic carbocycles. The average Bonchev–Trinajstić information content (AvgIpc) is 2.28. The van der Waals surface area contributed by atoms with E-state index in [2.05, 4.69) is 31.9 Å². The summed E-state index contributed by atoms with van der Waals surface area (Å²) >= 11 is 8.13. The van der Waals surface area contributed by atoms with Gasteiger partial charge in [0, 0.05) is 10.2 Å². The van der Waals surface area contributed by atoms with Crippen molar-refractivity contribution in [1.29, 1.82) is 0 Å². The quantitative estimate of drug-likeness (QED) is 0.512. The van der Waals surface area contributed by atoms with Gasteiger partial charge in [0.2, 0.25) is 1.66 Å². The van der Waals surface area contributed by atoms with Crippen LogP contribution in [0.4, 0.5) is 0 Å². The molecule has 0 amide bonds. The summed E-state index contributed by atoms with van der Waals surface area (Å²) in [5.74, 6) is -0.0330. The van der Waals surface area contributed by atoms with Crippen molar-refractivity contribution in [3.05, 3.63) is 34.3 Å². The first kappa shape index (κ1) is 15.9. The van der Waals surface area contributed by atoms with Gasteiger partial charge in [-0.2, -0.15) is 0 Å². The molecule has 0 saturated heterocycles. The zero-order chi connectivity index (χ0) is 13.3. The summed E-state index contributed by atoms with van der Waals surface area (Å²) in [7, 11) is -3.41. The molecule has 0 bridgehead atoms. The fourth-order valence-electron chi connectivity index (χ4n) is 1.20. The molecule has 0 aliphatic heterocycles. The lowest BCUT2D eigenvalue weighted by atomic mass is 10.1. The fourth-order valence-corrected chi connectivity index (χ4v) is 4.57. The number of sulfone groups is 1. The van der Waals surface area contributed by atoms with Crippen LogP contribution in [-0.4, -0.2) is 20.9 Å². The zero-order valence-electron chi connectivity index (χ0n) is 8.90. The van der Waals surface area contributed by atoms with E-state index in [1.807, 2.05) is 0 Å². The molecule has 0 saturated carbocycles. The summed E-state index contributed by atoms with van der Waals surface area (Å²) < 4.78 is 23.2. The highest BCUT2D eigenvalue weighted by molar-refractivity contribution is 14.1. The van der Waals surface area contributed by atoms with Crippen molar-refractivity contribution in [2.24, 2.45) is 0 Å². The minimum atomic E-state index is -3.41. The smallest absolute Gasteiger partial charge is 0.207 e. The van der Waals surface area contributed by atoms with Crippen LogP contribution in [0.3, 0.4) is 0 Å². The van der Waals surface area contributed by atoms with E-state index in [4.69, 9.17) is 0 Å². The van der Waals surface area contributed by atoms with Gasteiger partial charge < -0.3 is 5.11 Å². The van der Waals surface area contributed by atoms with Crippen LogP contribution in [-0.2, 0) is 9.84 Å². The number of rotatable bonds is 4. The second-order valence-electron chi connectivity index (χ2n) is 3.42. The van der Waals surface area contributed by atoms with Crippen molar-refractivity contribution in [1.82, 2.24) is 0 Å². The molecule has 0 unspecified atom stereocenters. The van der Waals surface area contributed by atoms with Gasteiger partial charge in [0.15, 0.2) is 9.84 Å². The standard InChI is InChI=1S/C10H11Br2IO3S/c1-2-17(15,16)10(12,13)9(14)7-3-5-8(11)6-4-7/h3-6,9,14H,2H2,1H3/t9-,10+/m1/s1. The predicted octanol–water partition coefficient (Wildman–Crippen LogP) is 3.40. The summed E-state index contributed by atoms with van der Waals surface area (Å²) in [5, 5.41) is 10.2. The number of aliphatic hydroxyl groups is 1. The number of alkyl halides is 2. The number of aliphatic hydroxyl groups excluding tert-OH is 1. The number of hydrogen-bond acceptors (Lipinski definition) is 3. The first-order chi connectivity index (χ1) is 7.72. The van der Waals surface area contributed by atoms with Gasteiger partial charge in [0.25, 0.3) is 0 Å². The third-order valence-corrected chi connectivity index (χ3v) is 9.16. The molecule has 0 aliphatic rings. The van der Waals surface area contributed by atoms with Gasteiger partial charge in [0.1, 0.15) is 6.10 Å². The van der Waals surface area contributed by atoms with Crippen LogP contribution in [0.25, 0.3) is 0 Å². The predicted molar refractivity (Wildman–Crippen MR) is 84.2 cm³/mol. The Kier molecular flexibility index (Phi) is 5.47. The van der Waals surface area contributed by atoms with Gasteiger partial charge in [-0.3, -0.25) is 0 Å². The van der Waals surface area contributed by atoms with Gasteiger partial charge in [0.05, 0.1) is 0 Å². The summed E-state index contributed by atoms with van der Waals surface area (Å²) in [6, 6.07) is 6.90. The van der Waals surface area contributed by atoms with Crippen LogP contribution >= 0.6 is 54.5 Å². The Bertz CT molecular complexity index is 485. The third kappa shape index (κ3) is 3.43. The summed E-state index contributed by atoms with van der Waals surface area (Å²) in [6.07, 6.45) is -1.12. The maximum absolute atomic E-state index is 11.9. The van der Waals surface area contributed by atoms with Gasteiger partial charge in [-0.05, 0) is 40.3 Å². The number of hydrogen-bond donors (Lipinski definition) is 1. The van der Waals surface area contributed by atoms with Crippen LogP contribution in [0, 0.1) is 0 Å². The average molecular weight is 498 g/mol. The number of benzene rings is 1. The Morgan fingerprint density at radius 3 is 2.29 bits per heavy atom. The lowest BCUT2D eigenvalue weighted by Crippen LogP contribution is -2.33. The van der Waals surface area contributed by atoms with Crippen LogP contribution in [0.15, 0.2) is 28.7 Å². The van der Waals surface area contributed by atoms with Crippen molar-refractivity contribution in [3.63, 3.8) is 0 Å². The molecular weight excluding hydrogens is 487 g/mol. The minimum absolute atomic E-state index is 0.0330. The lowest BCUT2D eigenvalue weighted by Gasteiger charge is -2.26. The maximum atomic E-state index is 11.9. The molecule has 1 rings (SSSR count). The second-order valence-corrected chi connectivity index (χ2v) is 12.5. The largest absolute Gasteiger partial charge is 0.385 e. The van der Waals surface area contributed by atoms with Crippen LogP contribution in [0.5, 0.6) is 0 Å². The van der Waals surface area contributed by atoms with Crippen LogP contribution < -0.4 is 0 Å².